The van der Waals surface area contributed by atoms with Crippen molar-refractivity contribution < 1.29 is 9.90 Å². The maximum Gasteiger partial charge on any atom is 0.230 e. The van der Waals surface area contributed by atoms with Crippen molar-refractivity contribution in [2.45, 2.75) is 38.8 Å². The molecule has 0 aliphatic carbocycles. The number of rotatable bonds is 2. The van der Waals surface area contributed by atoms with Gasteiger partial charge in [-0.2, -0.15) is 5.26 Å². The maximum atomic E-state index is 12.0. The van der Waals surface area contributed by atoms with Crippen molar-refractivity contribution in [1.29, 1.82) is 5.26 Å². The molecule has 1 fully saturated rings. The van der Waals surface area contributed by atoms with Gasteiger partial charge in [0.05, 0.1) is 29.2 Å². The van der Waals surface area contributed by atoms with Crippen LogP contribution in [0.15, 0.2) is 12.1 Å². The van der Waals surface area contributed by atoms with Crippen LogP contribution in [0, 0.1) is 18.3 Å². The summed E-state index contributed by atoms with van der Waals surface area (Å²) in [5, 5.41) is 19.2. The van der Waals surface area contributed by atoms with Crippen molar-refractivity contribution in [2.75, 3.05) is 4.90 Å². The number of anilines is 1. The normalized spacial score (nSPS) is 22.7. The maximum absolute atomic E-state index is 12.0. The van der Waals surface area contributed by atoms with Gasteiger partial charge in [0.2, 0.25) is 5.91 Å². The average molecular weight is 279 g/mol. The Morgan fingerprint density at radius 1 is 1.58 bits per heavy atom. The van der Waals surface area contributed by atoms with E-state index < -0.39 is 6.10 Å². The van der Waals surface area contributed by atoms with Gasteiger partial charge in [0.25, 0.3) is 0 Å². The van der Waals surface area contributed by atoms with Gasteiger partial charge in [-0.05, 0) is 31.0 Å². The molecule has 1 saturated heterocycles. The molecule has 1 heterocycles. The van der Waals surface area contributed by atoms with Crippen LogP contribution in [0.1, 0.15) is 30.9 Å². The standard InChI is InChI=1S/C14H15ClN2O2/c1-3-10-12(18)6-13(19)17(10)11-5-4-9(7-16)14(15)8(11)2/h4-5,10,12,18H,3,6H2,1-2H3. The number of amides is 1. The van der Waals surface area contributed by atoms with Crippen LogP contribution in [0.4, 0.5) is 5.69 Å². The summed E-state index contributed by atoms with van der Waals surface area (Å²) in [4.78, 5) is 13.6. The average Bonchev–Trinajstić information content (AvgIpc) is 2.67. The fourth-order valence-corrected chi connectivity index (χ4v) is 2.76. The molecular weight excluding hydrogens is 264 g/mol. The minimum absolute atomic E-state index is 0.108. The van der Waals surface area contributed by atoms with Crippen LogP contribution < -0.4 is 4.90 Å². The topological polar surface area (TPSA) is 64.3 Å². The molecule has 1 amide bonds. The second-order valence-electron chi connectivity index (χ2n) is 4.69. The Hall–Kier alpha value is -1.57. The summed E-state index contributed by atoms with van der Waals surface area (Å²) < 4.78 is 0. The molecule has 0 radical (unpaired) electrons. The Bertz CT molecular complexity index is 565. The van der Waals surface area contributed by atoms with Gasteiger partial charge >= 0.3 is 0 Å². The van der Waals surface area contributed by atoms with E-state index in [2.05, 4.69) is 0 Å². The first-order chi connectivity index (χ1) is 9.01. The van der Waals surface area contributed by atoms with Crippen LogP contribution in [0.25, 0.3) is 0 Å². The Morgan fingerprint density at radius 2 is 2.26 bits per heavy atom. The molecule has 4 nitrogen and oxygen atoms in total. The number of carbonyl (C=O) groups excluding carboxylic acids is 1. The first-order valence-corrected chi connectivity index (χ1v) is 6.58. The lowest BCUT2D eigenvalue weighted by Gasteiger charge is -2.27. The second-order valence-corrected chi connectivity index (χ2v) is 5.07. The number of hydrogen-bond acceptors (Lipinski definition) is 3. The van der Waals surface area contributed by atoms with Gasteiger partial charge in [0, 0.05) is 5.69 Å². The predicted molar refractivity (Wildman–Crippen MR) is 73.1 cm³/mol. The number of hydrogen-bond donors (Lipinski definition) is 1. The fraction of sp³-hybridized carbons (Fsp3) is 0.429. The number of benzene rings is 1. The molecule has 1 N–H and O–H groups in total. The minimum Gasteiger partial charge on any atom is -0.390 e. The van der Waals surface area contributed by atoms with E-state index in [0.29, 0.717) is 28.3 Å². The van der Waals surface area contributed by atoms with Crippen molar-refractivity contribution >= 4 is 23.2 Å². The van der Waals surface area contributed by atoms with E-state index in [1.54, 1.807) is 24.0 Å². The molecule has 100 valence electrons. The monoisotopic (exact) mass is 278 g/mol. The summed E-state index contributed by atoms with van der Waals surface area (Å²) in [6, 6.07) is 5.11. The lowest BCUT2D eigenvalue weighted by Crippen LogP contribution is -2.37. The molecule has 1 aromatic carbocycles. The van der Waals surface area contributed by atoms with E-state index in [0.717, 1.165) is 0 Å². The van der Waals surface area contributed by atoms with Gasteiger partial charge in [0.15, 0.2) is 0 Å². The Morgan fingerprint density at radius 3 is 2.84 bits per heavy atom. The molecule has 0 spiro atoms. The summed E-state index contributed by atoms with van der Waals surface area (Å²) in [7, 11) is 0. The summed E-state index contributed by atoms with van der Waals surface area (Å²) in [5.41, 5.74) is 1.77. The highest BCUT2D eigenvalue weighted by Crippen LogP contribution is 2.35. The molecule has 2 rings (SSSR count). The number of aliphatic hydroxyl groups is 1. The van der Waals surface area contributed by atoms with Gasteiger partial charge in [-0.1, -0.05) is 18.5 Å². The highest BCUT2D eigenvalue weighted by Gasteiger charge is 2.39. The lowest BCUT2D eigenvalue weighted by atomic mass is 10.1. The smallest absolute Gasteiger partial charge is 0.230 e. The summed E-state index contributed by atoms with van der Waals surface area (Å²) in [6.45, 7) is 3.71. The highest BCUT2D eigenvalue weighted by molar-refractivity contribution is 6.33. The molecule has 2 unspecified atom stereocenters. The number of halogens is 1. The van der Waals surface area contributed by atoms with Gasteiger partial charge in [0.1, 0.15) is 6.07 Å². The largest absolute Gasteiger partial charge is 0.390 e. The van der Waals surface area contributed by atoms with E-state index >= 15 is 0 Å². The van der Waals surface area contributed by atoms with Crippen molar-refractivity contribution in [3.05, 3.63) is 28.3 Å². The van der Waals surface area contributed by atoms with E-state index in [1.807, 2.05) is 13.0 Å². The SMILES string of the molecule is CCC1C(O)CC(=O)N1c1ccc(C#N)c(Cl)c1C. The van der Waals surface area contributed by atoms with E-state index in [1.165, 1.54) is 0 Å². The second kappa shape index (κ2) is 5.20. The first kappa shape index (κ1) is 13.9. The Balaban J connectivity index is 2.50. The van der Waals surface area contributed by atoms with Crippen molar-refractivity contribution in [2.24, 2.45) is 0 Å². The molecule has 0 saturated carbocycles. The Kier molecular flexibility index (Phi) is 3.79. The summed E-state index contributed by atoms with van der Waals surface area (Å²) >= 11 is 6.13. The van der Waals surface area contributed by atoms with Gasteiger partial charge in [-0.15, -0.1) is 0 Å². The molecule has 0 bridgehead atoms. The third kappa shape index (κ3) is 2.20. The quantitative estimate of drug-likeness (QED) is 0.903. The van der Waals surface area contributed by atoms with Crippen molar-refractivity contribution in [3.63, 3.8) is 0 Å². The van der Waals surface area contributed by atoms with E-state index in [9.17, 15) is 9.90 Å². The lowest BCUT2D eigenvalue weighted by molar-refractivity contribution is -0.117. The predicted octanol–water partition coefficient (Wildman–Crippen LogP) is 2.40. The summed E-state index contributed by atoms with van der Waals surface area (Å²) in [5.74, 6) is -0.108. The van der Waals surface area contributed by atoms with Crippen LogP contribution in [-0.2, 0) is 4.79 Å². The van der Waals surface area contributed by atoms with Crippen LogP contribution in [0.5, 0.6) is 0 Å². The molecule has 1 aliphatic heterocycles. The highest BCUT2D eigenvalue weighted by atomic mass is 35.5. The fourth-order valence-electron chi connectivity index (χ4n) is 2.56. The molecule has 2 atom stereocenters. The van der Waals surface area contributed by atoms with E-state index in [-0.39, 0.29) is 18.4 Å². The van der Waals surface area contributed by atoms with Crippen LogP contribution >= 0.6 is 11.6 Å². The Labute approximate surface area is 117 Å². The first-order valence-electron chi connectivity index (χ1n) is 6.20. The minimum atomic E-state index is -0.647. The third-order valence-corrected chi connectivity index (χ3v) is 4.07. The number of aliphatic hydroxyl groups excluding tert-OH is 1. The molecule has 0 aromatic heterocycles. The number of carbonyl (C=O) groups is 1. The molecular formula is C14H15ClN2O2. The molecule has 19 heavy (non-hydrogen) atoms. The zero-order valence-corrected chi connectivity index (χ0v) is 11.6. The zero-order valence-electron chi connectivity index (χ0n) is 10.9. The van der Waals surface area contributed by atoms with Crippen LogP contribution in [0.3, 0.4) is 0 Å². The number of nitrogens with zero attached hydrogens (tertiary/aromatic N) is 2. The van der Waals surface area contributed by atoms with Crippen molar-refractivity contribution in [3.8, 4) is 6.07 Å². The van der Waals surface area contributed by atoms with Gasteiger partial charge in [-0.3, -0.25) is 4.79 Å². The van der Waals surface area contributed by atoms with Gasteiger partial charge < -0.3 is 10.0 Å². The van der Waals surface area contributed by atoms with Gasteiger partial charge in [-0.25, -0.2) is 0 Å². The van der Waals surface area contributed by atoms with Crippen LogP contribution in [-0.4, -0.2) is 23.2 Å². The molecule has 1 aromatic rings. The third-order valence-electron chi connectivity index (χ3n) is 3.58. The van der Waals surface area contributed by atoms with Crippen molar-refractivity contribution in [1.82, 2.24) is 0 Å². The van der Waals surface area contributed by atoms with E-state index in [4.69, 9.17) is 16.9 Å². The molecule has 1 aliphatic rings. The number of nitriles is 1. The summed E-state index contributed by atoms with van der Waals surface area (Å²) in [6.07, 6.45) is 0.158. The zero-order chi connectivity index (χ0) is 14.2. The molecule has 5 heteroatoms. The van der Waals surface area contributed by atoms with Crippen LogP contribution in [0.2, 0.25) is 5.02 Å².